The summed E-state index contributed by atoms with van der Waals surface area (Å²) in [6, 6.07) is 1.28. The summed E-state index contributed by atoms with van der Waals surface area (Å²) < 4.78 is 4.88. The van der Waals surface area contributed by atoms with Gasteiger partial charge in [-0.3, -0.25) is 9.34 Å². The molecule has 0 spiro atoms. The third-order valence-electron chi connectivity index (χ3n) is 1.97. The second-order valence-corrected chi connectivity index (χ2v) is 6.14. The predicted octanol–water partition coefficient (Wildman–Crippen LogP) is 2.61. The second kappa shape index (κ2) is 5.16. The Hall–Kier alpha value is 0.350. The Labute approximate surface area is 78.8 Å². The summed E-state index contributed by atoms with van der Waals surface area (Å²) in [6.45, 7) is 11.4. The molecule has 0 saturated heterocycles. The van der Waals surface area contributed by atoms with Crippen LogP contribution >= 0.6 is 8.22 Å². The second-order valence-electron chi connectivity index (χ2n) is 3.90. The van der Waals surface area contributed by atoms with E-state index in [1.165, 1.54) is 0 Å². The van der Waals surface area contributed by atoms with Crippen molar-refractivity contribution in [2.75, 3.05) is 20.8 Å². The fraction of sp³-hybridized carbons (Fsp3) is 1.00. The van der Waals surface area contributed by atoms with Crippen LogP contribution in [-0.2, 0) is 0 Å². The summed E-state index contributed by atoms with van der Waals surface area (Å²) in [6.07, 6.45) is 0. The molecule has 0 heterocycles. The highest BCUT2D eigenvalue weighted by Crippen LogP contribution is 2.41. The first-order valence-electron chi connectivity index (χ1n) is 4.57. The normalized spacial score (nSPS) is 15.2. The summed E-state index contributed by atoms with van der Waals surface area (Å²) >= 11 is 0. The van der Waals surface area contributed by atoms with E-state index in [9.17, 15) is 0 Å². The molecule has 0 aliphatic carbocycles. The average Bonchev–Trinajstić information content (AvgIpc) is 1.85. The minimum Gasteiger partial charge on any atom is -0.276 e. The fourth-order valence-electron chi connectivity index (χ4n) is 1.47. The Kier molecular flexibility index (Phi) is 5.31. The van der Waals surface area contributed by atoms with Crippen molar-refractivity contribution in [2.45, 2.75) is 39.8 Å². The minimum atomic E-state index is -0.115. The monoisotopic (exact) mass is 190 g/mol. The summed E-state index contributed by atoms with van der Waals surface area (Å²) in [5.74, 6) is 0. The molecule has 0 aliphatic rings. The first kappa shape index (κ1) is 12.3. The molecule has 1 atom stereocenters. The lowest BCUT2D eigenvalue weighted by molar-refractivity contribution is 0.309. The van der Waals surface area contributed by atoms with Crippen LogP contribution in [0.4, 0.5) is 0 Å². The van der Waals surface area contributed by atoms with E-state index in [0.29, 0.717) is 12.1 Å². The van der Waals surface area contributed by atoms with Crippen molar-refractivity contribution in [3.63, 3.8) is 0 Å². The molecule has 12 heavy (non-hydrogen) atoms. The molecular formula is C9H23N2P. The van der Waals surface area contributed by atoms with Gasteiger partial charge in [0.2, 0.25) is 0 Å². The highest BCUT2D eigenvalue weighted by molar-refractivity contribution is 7.51. The van der Waals surface area contributed by atoms with E-state index in [0.717, 1.165) is 0 Å². The van der Waals surface area contributed by atoms with Crippen LogP contribution in [0.5, 0.6) is 0 Å². The Balaban J connectivity index is 4.30. The topological polar surface area (TPSA) is 6.48 Å². The maximum Gasteiger partial charge on any atom is 0.0361 e. The molecular weight excluding hydrogens is 167 g/mol. The first-order chi connectivity index (χ1) is 5.37. The van der Waals surface area contributed by atoms with E-state index in [-0.39, 0.29) is 8.22 Å². The Morgan fingerprint density at radius 1 is 0.917 bits per heavy atom. The quantitative estimate of drug-likeness (QED) is 0.629. The molecule has 3 heteroatoms. The van der Waals surface area contributed by atoms with Gasteiger partial charge in [0.25, 0.3) is 0 Å². The van der Waals surface area contributed by atoms with Gasteiger partial charge in [-0.25, -0.2) is 0 Å². The molecule has 0 aromatic rings. The van der Waals surface area contributed by atoms with Gasteiger partial charge in [-0.15, -0.1) is 0 Å². The van der Waals surface area contributed by atoms with Crippen molar-refractivity contribution in [1.29, 1.82) is 0 Å². The zero-order chi connectivity index (χ0) is 9.89. The van der Waals surface area contributed by atoms with Gasteiger partial charge in [0.05, 0.1) is 0 Å². The zero-order valence-corrected chi connectivity index (χ0v) is 10.4. The van der Waals surface area contributed by atoms with Crippen LogP contribution in [0.2, 0.25) is 0 Å². The maximum absolute atomic E-state index is 2.56. The van der Waals surface area contributed by atoms with E-state index >= 15 is 0 Å². The summed E-state index contributed by atoms with van der Waals surface area (Å²) in [5.41, 5.74) is 0. The van der Waals surface area contributed by atoms with Crippen LogP contribution < -0.4 is 0 Å². The van der Waals surface area contributed by atoms with Crippen LogP contribution in [0.3, 0.4) is 0 Å². The van der Waals surface area contributed by atoms with Gasteiger partial charge in [-0.1, -0.05) is 0 Å². The number of nitrogens with zero attached hydrogens (tertiary/aromatic N) is 2. The van der Waals surface area contributed by atoms with Gasteiger partial charge in [-0.2, -0.15) is 0 Å². The number of hydrogen-bond acceptors (Lipinski definition) is 2. The van der Waals surface area contributed by atoms with E-state index in [1.54, 1.807) is 0 Å². The van der Waals surface area contributed by atoms with Crippen molar-refractivity contribution in [3.8, 4) is 0 Å². The molecule has 0 saturated carbocycles. The minimum absolute atomic E-state index is 0.115. The Morgan fingerprint density at radius 2 is 1.25 bits per heavy atom. The van der Waals surface area contributed by atoms with Crippen molar-refractivity contribution in [3.05, 3.63) is 0 Å². The number of hydrogen-bond donors (Lipinski definition) is 0. The van der Waals surface area contributed by atoms with Gasteiger partial charge in [0, 0.05) is 20.3 Å². The molecule has 0 amide bonds. The maximum atomic E-state index is 2.56. The van der Waals surface area contributed by atoms with Crippen LogP contribution in [0.25, 0.3) is 0 Å². The Bertz CT molecular complexity index is 116. The molecule has 0 aromatic carbocycles. The standard InChI is InChI=1S/C9H23N2P/c1-8(2)11(9(3)4)12(7)10(5)6/h8-9H,1-7H3. The lowest BCUT2D eigenvalue weighted by atomic mass is 10.3. The molecule has 1 unspecified atom stereocenters. The van der Waals surface area contributed by atoms with E-state index < -0.39 is 0 Å². The summed E-state index contributed by atoms with van der Waals surface area (Å²) in [7, 11) is 4.20. The number of rotatable bonds is 4. The largest absolute Gasteiger partial charge is 0.276 e. The fourth-order valence-corrected chi connectivity index (χ4v) is 3.22. The van der Waals surface area contributed by atoms with Gasteiger partial charge in [0.15, 0.2) is 0 Å². The van der Waals surface area contributed by atoms with E-state index in [4.69, 9.17) is 0 Å². The SMILES string of the molecule is CC(C)N(C(C)C)P(C)N(C)C. The molecule has 0 fully saturated rings. The van der Waals surface area contributed by atoms with Gasteiger partial charge < -0.3 is 0 Å². The molecule has 0 aromatic heterocycles. The zero-order valence-electron chi connectivity index (χ0n) is 9.50. The third-order valence-corrected chi connectivity index (χ3v) is 4.72. The molecule has 0 rings (SSSR count). The lowest BCUT2D eigenvalue weighted by Crippen LogP contribution is -2.35. The molecule has 0 radical (unpaired) electrons. The van der Waals surface area contributed by atoms with Crippen LogP contribution in [0, 0.1) is 0 Å². The van der Waals surface area contributed by atoms with Gasteiger partial charge in [0.1, 0.15) is 0 Å². The summed E-state index contributed by atoms with van der Waals surface area (Å²) in [4.78, 5) is 0. The molecule has 0 N–H and O–H groups in total. The molecule has 74 valence electrons. The van der Waals surface area contributed by atoms with E-state index in [2.05, 4.69) is 57.8 Å². The van der Waals surface area contributed by atoms with Crippen LogP contribution in [0.15, 0.2) is 0 Å². The van der Waals surface area contributed by atoms with Gasteiger partial charge in [-0.05, 0) is 48.5 Å². The lowest BCUT2D eigenvalue weighted by Gasteiger charge is -2.39. The molecule has 2 nitrogen and oxygen atoms in total. The van der Waals surface area contributed by atoms with Crippen LogP contribution in [0.1, 0.15) is 27.7 Å². The highest BCUT2D eigenvalue weighted by atomic mass is 31.1. The van der Waals surface area contributed by atoms with E-state index in [1.807, 2.05) is 0 Å². The molecule has 0 bridgehead atoms. The highest BCUT2D eigenvalue weighted by Gasteiger charge is 2.21. The van der Waals surface area contributed by atoms with Crippen molar-refractivity contribution < 1.29 is 0 Å². The molecule has 0 aliphatic heterocycles. The third kappa shape index (κ3) is 3.38. The predicted molar refractivity (Wildman–Crippen MR) is 58.6 cm³/mol. The average molecular weight is 190 g/mol. The van der Waals surface area contributed by atoms with Gasteiger partial charge >= 0.3 is 0 Å². The van der Waals surface area contributed by atoms with Crippen molar-refractivity contribution >= 4 is 8.22 Å². The Morgan fingerprint density at radius 3 is 1.33 bits per heavy atom. The van der Waals surface area contributed by atoms with Crippen molar-refractivity contribution in [2.24, 2.45) is 0 Å². The van der Waals surface area contributed by atoms with Crippen molar-refractivity contribution in [1.82, 2.24) is 9.34 Å². The summed E-state index contributed by atoms with van der Waals surface area (Å²) in [5, 5.41) is 0. The first-order valence-corrected chi connectivity index (χ1v) is 6.26. The smallest absolute Gasteiger partial charge is 0.0361 e. The van der Waals surface area contributed by atoms with Crippen LogP contribution in [-0.4, -0.2) is 42.2 Å².